The lowest BCUT2D eigenvalue weighted by atomic mass is 9.97. The number of benzene rings is 1. The van der Waals surface area contributed by atoms with Crippen LogP contribution in [0.25, 0.3) is 0 Å². The predicted molar refractivity (Wildman–Crippen MR) is 136 cm³/mol. The van der Waals surface area contributed by atoms with Gasteiger partial charge < -0.3 is 14.4 Å². The van der Waals surface area contributed by atoms with Crippen LogP contribution in [-0.2, 0) is 16.6 Å². The van der Waals surface area contributed by atoms with Crippen molar-refractivity contribution < 1.29 is 22.7 Å². The Labute approximate surface area is 211 Å². The molecule has 1 N–H and O–H groups in total. The van der Waals surface area contributed by atoms with Gasteiger partial charge in [0.1, 0.15) is 18.2 Å². The standard InChI is InChI=1S/C26H30N4O5S/c1-18-15-26(2,3)30(16-18)24-21(10-7-13-27-24)25(31)29-36(32,33)23-12-6-11-22(28-23)35-17-19-8-5-9-20(14-19)34-4/h5-14,18H,15-17H2,1-4H3,(H,29,31). The maximum absolute atomic E-state index is 13.1. The number of nitrogens with one attached hydrogen (secondary N) is 1. The van der Waals surface area contributed by atoms with Crippen molar-refractivity contribution in [3.63, 3.8) is 0 Å². The third-order valence-electron chi connectivity index (χ3n) is 6.08. The van der Waals surface area contributed by atoms with Crippen LogP contribution in [0.15, 0.2) is 65.8 Å². The van der Waals surface area contributed by atoms with Crippen molar-refractivity contribution in [2.24, 2.45) is 5.92 Å². The highest BCUT2D eigenvalue weighted by Crippen LogP contribution is 2.37. The number of hydrogen-bond donors (Lipinski definition) is 1. The molecule has 190 valence electrons. The van der Waals surface area contributed by atoms with Gasteiger partial charge in [0.15, 0.2) is 5.03 Å². The molecular formula is C26H30N4O5S. The lowest BCUT2D eigenvalue weighted by Crippen LogP contribution is -2.41. The van der Waals surface area contributed by atoms with Crippen LogP contribution in [0.5, 0.6) is 11.6 Å². The molecule has 3 aromatic rings. The minimum Gasteiger partial charge on any atom is -0.497 e. The molecule has 36 heavy (non-hydrogen) atoms. The molecule has 9 nitrogen and oxygen atoms in total. The van der Waals surface area contributed by atoms with Gasteiger partial charge in [-0.25, -0.2) is 9.71 Å². The van der Waals surface area contributed by atoms with Gasteiger partial charge in [-0.05, 0) is 62.1 Å². The smallest absolute Gasteiger partial charge is 0.281 e. The molecule has 1 unspecified atom stereocenters. The summed E-state index contributed by atoms with van der Waals surface area (Å²) in [5.74, 6) is 0.916. The molecule has 1 aliphatic heterocycles. The maximum Gasteiger partial charge on any atom is 0.281 e. The van der Waals surface area contributed by atoms with E-state index in [0.29, 0.717) is 17.5 Å². The molecule has 0 bridgehead atoms. The van der Waals surface area contributed by atoms with Gasteiger partial charge in [-0.2, -0.15) is 13.4 Å². The Kier molecular flexibility index (Phi) is 7.16. The number of carbonyl (C=O) groups excluding carboxylic acids is 1. The summed E-state index contributed by atoms with van der Waals surface area (Å²) in [6, 6.07) is 14.9. The number of nitrogens with zero attached hydrogens (tertiary/aromatic N) is 3. The Morgan fingerprint density at radius 1 is 1.17 bits per heavy atom. The van der Waals surface area contributed by atoms with E-state index in [-0.39, 0.29) is 28.6 Å². The number of hydrogen-bond acceptors (Lipinski definition) is 8. The van der Waals surface area contributed by atoms with Gasteiger partial charge in [-0.3, -0.25) is 4.79 Å². The van der Waals surface area contributed by atoms with Gasteiger partial charge in [-0.1, -0.05) is 25.1 Å². The highest BCUT2D eigenvalue weighted by atomic mass is 32.2. The quantitative estimate of drug-likeness (QED) is 0.487. The van der Waals surface area contributed by atoms with E-state index in [1.165, 1.54) is 12.1 Å². The Hall–Kier alpha value is -3.66. The van der Waals surface area contributed by atoms with E-state index in [1.54, 1.807) is 31.5 Å². The van der Waals surface area contributed by atoms with Crippen molar-refractivity contribution in [3.8, 4) is 11.6 Å². The van der Waals surface area contributed by atoms with Crippen molar-refractivity contribution >= 4 is 21.7 Å². The molecule has 1 saturated heterocycles. The van der Waals surface area contributed by atoms with Crippen LogP contribution in [0, 0.1) is 5.92 Å². The molecular weight excluding hydrogens is 480 g/mol. The first-order valence-electron chi connectivity index (χ1n) is 11.6. The summed E-state index contributed by atoms with van der Waals surface area (Å²) < 4.78 is 39.1. The van der Waals surface area contributed by atoms with Gasteiger partial charge in [0.05, 0.1) is 12.7 Å². The number of pyridine rings is 2. The molecule has 1 aliphatic rings. The van der Waals surface area contributed by atoms with E-state index in [9.17, 15) is 13.2 Å². The largest absolute Gasteiger partial charge is 0.497 e. The molecule has 3 heterocycles. The Bertz CT molecular complexity index is 1360. The molecule has 4 rings (SSSR count). The molecule has 0 spiro atoms. The second-order valence-corrected chi connectivity index (χ2v) is 11.1. The highest BCUT2D eigenvalue weighted by Gasteiger charge is 2.39. The first kappa shape index (κ1) is 25.4. The molecule has 1 aromatic carbocycles. The summed E-state index contributed by atoms with van der Waals surface area (Å²) in [6.45, 7) is 7.22. The van der Waals surface area contributed by atoms with Crippen LogP contribution in [-0.4, -0.2) is 43.5 Å². The van der Waals surface area contributed by atoms with E-state index >= 15 is 0 Å². The SMILES string of the molecule is COc1cccc(COc2cccc(S(=O)(=O)NC(=O)c3cccnc3N3CC(C)CC3(C)C)n2)c1. The van der Waals surface area contributed by atoms with Crippen LogP contribution in [0.2, 0.25) is 0 Å². The Balaban J connectivity index is 1.51. The highest BCUT2D eigenvalue weighted by molar-refractivity contribution is 7.90. The summed E-state index contributed by atoms with van der Waals surface area (Å²) in [5, 5.41) is -0.320. The Morgan fingerprint density at radius 2 is 1.94 bits per heavy atom. The average Bonchev–Trinajstić information content (AvgIpc) is 3.14. The fourth-order valence-electron chi connectivity index (χ4n) is 4.52. The van der Waals surface area contributed by atoms with Crippen molar-refractivity contribution in [1.82, 2.24) is 14.7 Å². The third-order valence-corrected chi connectivity index (χ3v) is 7.31. The van der Waals surface area contributed by atoms with Gasteiger partial charge in [-0.15, -0.1) is 0 Å². The van der Waals surface area contributed by atoms with Crippen molar-refractivity contribution in [2.75, 3.05) is 18.6 Å². The first-order valence-corrected chi connectivity index (χ1v) is 13.1. The van der Waals surface area contributed by atoms with Crippen LogP contribution in [0.3, 0.4) is 0 Å². The van der Waals surface area contributed by atoms with Gasteiger partial charge in [0.25, 0.3) is 15.9 Å². The molecule has 2 aromatic heterocycles. The molecule has 0 aliphatic carbocycles. The zero-order valence-corrected chi connectivity index (χ0v) is 21.6. The molecule has 10 heteroatoms. The number of methoxy groups -OCH3 is 1. The summed E-state index contributed by atoms with van der Waals surface area (Å²) in [6.07, 6.45) is 2.54. The number of amides is 1. The van der Waals surface area contributed by atoms with Gasteiger partial charge in [0.2, 0.25) is 5.88 Å². The van der Waals surface area contributed by atoms with Crippen LogP contribution in [0.1, 0.15) is 43.1 Å². The zero-order valence-electron chi connectivity index (χ0n) is 20.8. The van der Waals surface area contributed by atoms with E-state index in [4.69, 9.17) is 9.47 Å². The van der Waals surface area contributed by atoms with Crippen LogP contribution >= 0.6 is 0 Å². The number of sulfonamides is 1. The summed E-state index contributed by atoms with van der Waals surface area (Å²) in [7, 11) is -2.69. The molecule has 1 fully saturated rings. The molecule has 1 amide bonds. The minimum atomic E-state index is -4.26. The molecule has 0 saturated carbocycles. The third kappa shape index (κ3) is 5.59. The normalized spacial score (nSPS) is 17.0. The maximum atomic E-state index is 13.1. The second-order valence-electron chi connectivity index (χ2n) is 9.50. The van der Waals surface area contributed by atoms with E-state index < -0.39 is 15.9 Å². The molecule has 0 radical (unpaired) electrons. The number of ether oxygens (including phenoxy) is 2. The first-order chi connectivity index (χ1) is 17.1. The van der Waals surface area contributed by atoms with Crippen molar-refractivity contribution in [2.45, 2.75) is 44.4 Å². The summed E-state index contributed by atoms with van der Waals surface area (Å²) in [5.41, 5.74) is 0.812. The van der Waals surface area contributed by atoms with E-state index in [1.807, 2.05) is 24.3 Å². The fraction of sp³-hybridized carbons (Fsp3) is 0.346. The Morgan fingerprint density at radius 3 is 2.67 bits per heavy atom. The van der Waals surface area contributed by atoms with E-state index in [0.717, 1.165) is 18.5 Å². The second kappa shape index (κ2) is 10.1. The summed E-state index contributed by atoms with van der Waals surface area (Å²) >= 11 is 0. The zero-order chi connectivity index (χ0) is 25.9. The monoisotopic (exact) mass is 510 g/mol. The average molecular weight is 511 g/mol. The molecule has 1 atom stereocenters. The predicted octanol–water partition coefficient (Wildman–Crippen LogP) is 3.81. The van der Waals surface area contributed by atoms with Crippen molar-refractivity contribution in [1.29, 1.82) is 0 Å². The number of carbonyl (C=O) groups is 1. The fourth-order valence-corrected chi connectivity index (χ4v) is 5.45. The summed E-state index contributed by atoms with van der Waals surface area (Å²) in [4.78, 5) is 23.7. The topological polar surface area (TPSA) is 111 Å². The van der Waals surface area contributed by atoms with Crippen molar-refractivity contribution in [3.05, 3.63) is 71.9 Å². The van der Waals surface area contributed by atoms with Crippen LogP contribution in [0.4, 0.5) is 5.82 Å². The number of aromatic nitrogens is 2. The lowest BCUT2D eigenvalue weighted by molar-refractivity contribution is 0.0981. The minimum absolute atomic E-state index is 0.114. The van der Waals surface area contributed by atoms with Gasteiger partial charge in [0, 0.05) is 24.3 Å². The number of rotatable bonds is 8. The lowest BCUT2D eigenvalue weighted by Gasteiger charge is -2.33. The van der Waals surface area contributed by atoms with E-state index in [2.05, 4.69) is 40.4 Å². The van der Waals surface area contributed by atoms with Crippen LogP contribution < -0.4 is 19.1 Å². The van der Waals surface area contributed by atoms with Gasteiger partial charge >= 0.3 is 0 Å². The number of anilines is 1.